The Morgan fingerprint density at radius 3 is 2.41 bits per heavy atom. The quantitative estimate of drug-likeness (QED) is 0.404. The highest BCUT2D eigenvalue weighted by Crippen LogP contribution is 2.32. The molecular formula is C20H12ClF3N2O3. The van der Waals surface area contributed by atoms with E-state index in [1.165, 1.54) is 48.5 Å². The standard InChI is InChI=1S/C20H12ClF3N2O3/c21-18-8-7-13(10-17(18)12-3-1-6-16(9-12)26(28)29)19(27)25-15-5-2-4-14(11-15)20(22,23)24/h1-11H,(H,25,27). The number of carbonyl (C=O) groups excluding carboxylic acids is 1. The van der Waals surface area contributed by atoms with E-state index >= 15 is 0 Å². The molecule has 1 amide bonds. The van der Waals surface area contributed by atoms with Crippen LogP contribution in [0.3, 0.4) is 0 Å². The van der Waals surface area contributed by atoms with Crippen LogP contribution >= 0.6 is 11.6 Å². The van der Waals surface area contributed by atoms with Crippen molar-refractivity contribution in [2.75, 3.05) is 5.32 Å². The molecule has 0 saturated heterocycles. The molecule has 5 nitrogen and oxygen atoms in total. The minimum absolute atomic E-state index is 0.0170. The zero-order chi connectivity index (χ0) is 21.2. The fraction of sp³-hybridized carbons (Fsp3) is 0.0500. The Hall–Kier alpha value is -3.39. The lowest BCUT2D eigenvalue weighted by Gasteiger charge is -2.11. The summed E-state index contributed by atoms with van der Waals surface area (Å²) in [6, 6.07) is 14.2. The second kappa shape index (κ2) is 7.92. The molecule has 0 aliphatic carbocycles. The predicted molar refractivity (Wildman–Crippen MR) is 103 cm³/mol. The summed E-state index contributed by atoms with van der Waals surface area (Å²) >= 11 is 6.17. The highest BCUT2D eigenvalue weighted by atomic mass is 35.5. The van der Waals surface area contributed by atoms with Crippen molar-refractivity contribution in [3.63, 3.8) is 0 Å². The third kappa shape index (κ3) is 4.72. The number of amides is 1. The van der Waals surface area contributed by atoms with Gasteiger partial charge in [0.1, 0.15) is 0 Å². The Kier molecular flexibility index (Phi) is 5.56. The number of carbonyl (C=O) groups is 1. The van der Waals surface area contributed by atoms with Gasteiger partial charge in [-0.2, -0.15) is 13.2 Å². The van der Waals surface area contributed by atoms with Crippen LogP contribution in [0, 0.1) is 10.1 Å². The molecule has 29 heavy (non-hydrogen) atoms. The maximum absolute atomic E-state index is 12.8. The Balaban J connectivity index is 1.91. The summed E-state index contributed by atoms with van der Waals surface area (Å²) in [6.07, 6.45) is -4.53. The molecule has 0 spiro atoms. The lowest BCUT2D eigenvalue weighted by atomic mass is 10.0. The molecule has 3 rings (SSSR count). The van der Waals surface area contributed by atoms with E-state index in [1.54, 1.807) is 6.07 Å². The molecule has 3 aromatic carbocycles. The minimum atomic E-state index is -4.53. The predicted octanol–water partition coefficient (Wildman–Crippen LogP) is 6.19. The van der Waals surface area contributed by atoms with Crippen LogP contribution in [0.25, 0.3) is 11.1 Å². The summed E-state index contributed by atoms with van der Waals surface area (Å²) in [5.41, 5.74) is -0.101. The fourth-order valence-corrected chi connectivity index (χ4v) is 2.88. The van der Waals surface area contributed by atoms with Gasteiger partial charge >= 0.3 is 6.18 Å². The molecule has 0 fully saturated rings. The van der Waals surface area contributed by atoms with Crippen molar-refractivity contribution < 1.29 is 22.9 Å². The second-order valence-electron chi connectivity index (χ2n) is 6.03. The van der Waals surface area contributed by atoms with Crippen LogP contribution in [0.4, 0.5) is 24.5 Å². The number of anilines is 1. The lowest BCUT2D eigenvalue weighted by molar-refractivity contribution is -0.384. The average Bonchev–Trinajstić information content (AvgIpc) is 2.68. The minimum Gasteiger partial charge on any atom is -0.322 e. The van der Waals surface area contributed by atoms with Gasteiger partial charge in [-0.1, -0.05) is 29.8 Å². The largest absolute Gasteiger partial charge is 0.416 e. The fourth-order valence-electron chi connectivity index (χ4n) is 2.65. The molecule has 9 heteroatoms. The topological polar surface area (TPSA) is 72.2 Å². The van der Waals surface area contributed by atoms with Crippen molar-refractivity contribution in [1.82, 2.24) is 0 Å². The van der Waals surface area contributed by atoms with E-state index in [-0.39, 0.29) is 22.0 Å². The summed E-state index contributed by atoms with van der Waals surface area (Å²) in [7, 11) is 0. The van der Waals surface area contributed by atoms with Crippen LogP contribution in [0.2, 0.25) is 5.02 Å². The molecule has 0 heterocycles. The second-order valence-corrected chi connectivity index (χ2v) is 6.44. The number of halogens is 4. The van der Waals surface area contributed by atoms with Gasteiger partial charge in [-0.3, -0.25) is 14.9 Å². The number of hydrogen-bond donors (Lipinski definition) is 1. The van der Waals surface area contributed by atoms with Crippen molar-refractivity contribution in [3.8, 4) is 11.1 Å². The maximum atomic E-state index is 12.8. The van der Waals surface area contributed by atoms with Gasteiger partial charge in [-0.25, -0.2) is 0 Å². The molecule has 0 aromatic heterocycles. The van der Waals surface area contributed by atoms with Crippen LogP contribution < -0.4 is 5.32 Å². The van der Waals surface area contributed by atoms with Crippen LogP contribution in [0.15, 0.2) is 66.7 Å². The molecule has 0 aliphatic heterocycles. The van der Waals surface area contributed by atoms with E-state index in [2.05, 4.69) is 5.32 Å². The van der Waals surface area contributed by atoms with Crippen molar-refractivity contribution in [3.05, 3.63) is 93.0 Å². The first-order valence-corrected chi connectivity index (χ1v) is 8.56. The zero-order valence-corrected chi connectivity index (χ0v) is 15.3. The van der Waals surface area contributed by atoms with Crippen LogP contribution in [-0.4, -0.2) is 10.8 Å². The van der Waals surface area contributed by atoms with E-state index in [9.17, 15) is 28.1 Å². The smallest absolute Gasteiger partial charge is 0.322 e. The number of nitrogens with one attached hydrogen (secondary N) is 1. The molecule has 0 aliphatic rings. The summed E-state index contributed by atoms with van der Waals surface area (Å²) in [4.78, 5) is 22.9. The first kappa shape index (κ1) is 20.3. The molecule has 0 unspecified atom stereocenters. The Morgan fingerprint density at radius 1 is 1.00 bits per heavy atom. The van der Waals surface area contributed by atoms with E-state index in [1.807, 2.05) is 0 Å². The summed E-state index contributed by atoms with van der Waals surface area (Å²) in [5, 5.41) is 13.6. The summed E-state index contributed by atoms with van der Waals surface area (Å²) in [6.45, 7) is 0. The number of hydrogen-bond acceptors (Lipinski definition) is 3. The molecule has 3 aromatic rings. The van der Waals surface area contributed by atoms with Gasteiger partial charge in [0.25, 0.3) is 11.6 Å². The monoisotopic (exact) mass is 420 g/mol. The van der Waals surface area contributed by atoms with Gasteiger partial charge in [0.2, 0.25) is 0 Å². The van der Waals surface area contributed by atoms with Crippen LogP contribution in [0.5, 0.6) is 0 Å². The highest BCUT2D eigenvalue weighted by Gasteiger charge is 2.30. The van der Waals surface area contributed by atoms with Gasteiger partial charge in [0.05, 0.1) is 10.5 Å². The Bertz CT molecular complexity index is 1100. The number of nitro groups is 1. The average molecular weight is 421 g/mol. The normalized spacial score (nSPS) is 11.2. The Morgan fingerprint density at radius 2 is 1.72 bits per heavy atom. The SMILES string of the molecule is O=C(Nc1cccc(C(F)(F)F)c1)c1ccc(Cl)c(-c2cccc([N+](=O)[O-])c2)c1. The zero-order valence-electron chi connectivity index (χ0n) is 14.5. The van der Waals surface area contributed by atoms with Crippen molar-refractivity contribution in [2.24, 2.45) is 0 Å². The summed E-state index contributed by atoms with van der Waals surface area (Å²) in [5.74, 6) is -0.646. The third-order valence-electron chi connectivity index (χ3n) is 4.04. The molecule has 148 valence electrons. The van der Waals surface area contributed by atoms with E-state index in [0.717, 1.165) is 12.1 Å². The lowest BCUT2D eigenvalue weighted by Crippen LogP contribution is -2.13. The van der Waals surface area contributed by atoms with Crippen LogP contribution in [0.1, 0.15) is 15.9 Å². The summed E-state index contributed by atoms with van der Waals surface area (Å²) < 4.78 is 38.5. The molecule has 0 saturated carbocycles. The van der Waals surface area contributed by atoms with Crippen LogP contribution in [-0.2, 0) is 6.18 Å². The number of rotatable bonds is 4. The van der Waals surface area contributed by atoms with Gasteiger partial charge in [-0.15, -0.1) is 0 Å². The number of benzene rings is 3. The van der Waals surface area contributed by atoms with Crippen molar-refractivity contribution in [1.29, 1.82) is 0 Å². The van der Waals surface area contributed by atoms with Gasteiger partial charge in [0.15, 0.2) is 0 Å². The molecule has 0 atom stereocenters. The number of nitrogens with zero attached hydrogens (tertiary/aromatic N) is 1. The van der Waals surface area contributed by atoms with Gasteiger partial charge in [0, 0.05) is 34.0 Å². The highest BCUT2D eigenvalue weighted by molar-refractivity contribution is 6.33. The number of nitro benzene ring substituents is 1. The van der Waals surface area contributed by atoms with E-state index in [0.29, 0.717) is 11.1 Å². The molecule has 0 radical (unpaired) electrons. The third-order valence-corrected chi connectivity index (χ3v) is 4.37. The van der Waals surface area contributed by atoms with Crippen molar-refractivity contribution in [2.45, 2.75) is 6.18 Å². The number of alkyl halides is 3. The molecular weight excluding hydrogens is 409 g/mol. The Labute approximate surface area is 167 Å². The van der Waals surface area contributed by atoms with E-state index < -0.39 is 22.6 Å². The molecule has 0 bridgehead atoms. The van der Waals surface area contributed by atoms with Crippen molar-refractivity contribution >= 4 is 28.9 Å². The molecule has 1 N–H and O–H groups in total. The van der Waals surface area contributed by atoms with Gasteiger partial charge < -0.3 is 5.32 Å². The number of non-ortho nitro benzene ring substituents is 1. The first-order chi connectivity index (χ1) is 13.6. The van der Waals surface area contributed by atoms with E-state index in [4.69, 9.17) is 11.6 Å². The maximum Gasteiger partial charge on any atom is 0.416 e. The first-order valence-electron chi connectivity index (χ1n) is 8.18. The van der Waals surface area contributed by atoms with Gasteiger partial charge in [-0.05, 0) is 42.0 Å².